The minimum atomic E-state index is 1.12. The second-order valence-electron chi connectivity index (χ2n) is 14.1. The molecule has 11 aromatic rings. The van der Waals surface area contributed by atoms with Crippen molar-refractivity contribution in [3.63, 3.8) is 0 Å². The molecule has 55 heavy (non-hydrogen) atoms. The number of thiophene rings is 2. The van der Waals surface area contributed by atoms with Gasteiger partial charge in [0.05, 0.1) is 11.4 Å². The van der Waals surface area contributed by atoms with E-state index in [1.807, 2.05) is 22.7 Å². The van der Waals surface area contributed by atoms with Crippen LogP contribution in [0.2, 0.25) is 0 Å². The van der Waals surface area contributed by atoms with Gasteiger partial charge in [0.25, 0.3) is 0 Å². The molecule has 1 nitrogen and oxygen atoms in total. The summed E-state index contributed by atoms with van der Waals surface area (Å²) in [4.78, 5) is 2.50. The van der Waals surface area contributed by atoms with Crippen LogP contribution in [-0.4, -0.2) is 0 Å². The highest BCUT2D eigenvalue weighted by Gasteiger charge is 2.23. The van der Waals surface area contributed by atoms with E-state index in [1.165, 1.54) is 90.2 Å². The first-order valence-electron chi connectivity index (χ1n) is 18.7. The first kappa shape index (κ1) is 32.0. The van der Waals surface area contributed by atoms with Gasteiger partial charge in [-0.3, -0.25) is 0 Å². The van der Waals surface area contributed by atoms with Gasteiger partial charge in [0, 0.05) is 57.2 Å². The second kappa shape index (κ2) is 13.1. The highest BCUT2D eigenvalue weighted by molar-refractivity contribution is 7.26. The van der Waals surface area contributed by atoms with Crippen LogP contribution in [0.3, 0.4) is 0 Å². The van der Waals surface area contributed by atoms with Crippen LogP contribution in [-0.2, 0) is 0 Å². The highest BCUT2D eigenvalue weighted by atomic mass is 32.1. The number of hydrogen-bond donors (Lipinski definition) is 0. The average molecular weight is 736 g/mol. The van der Waals surface area contributed by atoms with Crippen molar-refractivity contribution >= 4 is 90.9 Å². The van der Waals surface area contributed by atoms with Crippen LogP contribution in [0.15, 0.2) is 200 Å². The van der Waals surface area contributed by atoms with Gasteiger partial charge >= 0.3 is 0 Å². The van der Waals surface area contributed by atoms with Crippen molar-refractivity contribution in [2.45, 2.75) is 0 Å². The zero-order valence-corrected chi connectivity index (χ0v) is 31.4. The Hall–Kier alpha value is -6.52. The van der Waals surface area contributed by atoms with Gasteiger partial charge in [-0.25, -0.2) is 0 Å². The van der Waals surface area contributed by atoms with Crippen molar-refractivity contribution in [2.75, 3.05) is 4.90 Å². The maximum Gasteiger partial charge on any atom is 0.0555 e. The third-order valence-electron chi connectivity index (χ3n) is 10.8. The van der Waals surface area contributed by atoms with Gasteiger partial charge in [0.2, 0.25) is 0 Å². The van der Waals surface area contributed by atoms with E-state index in [9.17, 15) is 0 Å². The van der Waals surface area contributed by atoms with Crippen LogP contribution in [0.1, 0.15) is 0 Å². The van der Waals surface area contributed by atoms with Gasteiger partial charge in [0.1, 0.15) is 0 Å². The SMILES string of the molecule is c1cc(-c2cccc(N(c3ccccc3-c3cccc4c3sc3ccccc34)c3cccc4sc5ccccc5c34)c2)cc(-c2ccc3ccccc3c2)c1. The van der Waals surface area contributed by atoms with Gasteiger partial charge in [-0.15, -0.1) is 22.7 Å². The molecule has 0 bridgehead atoms. The molecule has 0 saturated carbocycles. The molecular weight excluding hydrogens is 703 g/mol. The number of rotatable bonds is 6. The number of benzene rings is 9. The fraction of sp³-hybridized carbons (Fsp3) is 0. The zero-order chi connectivity index (χ0) is 36.3. The van der Waals surface area contributed by atoms with E-state index >= 15 is 0 Å². The molecule has 2 aromatic heterocycles. The summed E-state index contributed by atoms with van der Waals surface area (Å²) in [5.41, 5.74) is 10.7. The Morgan fingerprint density at radius 1 is 0.327 bits per heavy atom. The molecule has 0 radical (unpaired) electrons. The van der Waals surface area contributed by atoms with E-state index in [0.29, 0.717) is 0 Å². The molecule has 258 valence electrons. The fourth-order valence-electron chi connectivity index (χ4n) is 8.28. The van der Waals surface area contributed by atoms with Crippen LogP contribution in [0.5, 0.6) is 0 Å². The summed E-state index contributed by atoms with van der Waals surface area (Å²) in [6.07, 6.45) is 0. The molecule has 0 atom stereocenters. The first-order chi connectivity index (χ1) is 27.3. The topological polar surface area (TPSA) is 3.24 Å². The number of para-hydroxylation sites is 1. The lowest BCUT2D eigenvalue weighted by atomic mass is 9.96. The Morgan fingerprint density at radius 3 is 1.78 bits per heavy atom. The molecule has 0 aliphatic carbocycles. The molecule has 0 spiro atoms. The van der Waals surface area contributed by atoms with Crippen molar-refractivity contribution in [1.82, 2.24) is 0 Å². The van der Waals surface area contributed by atoms with Gasteiger partial charge < -0.3 is 4.90 Å². The lowest BCUT2D eigenvalue weighted by molar-refractivity contribution is 1.30. The molecule has 3 heteroatoms. The predicted octanol–water partition coefficient (Wildman–Crippen LogP) is 16.0. The van der Waals surface area contributed by atoms with Gasteiger partial charge in [-0.1, -0.05) is 146 Å². The van der Waals surface area contributed by atoms with Crippen LogP contribution < -0.4 is 4.90 Å². The molecule has 0 N–H and O–H groups in total. The molecule has 9 aromatic carbocycles. The molecule has 0 saturated heterocycles. The number of nitrogens with zero attached hydrogens (tertiary/aromatic N) is 1. The minimum absolute atomic E-state index is 1.12. The monoisotopic (exact) mass is 735 g/mol. The van der Waals surface area contributed by atoms with E-state index in [0.717, 1.165) is 11.4 Å². The van der Waals surface area contributed by atoms with Crippen molar-refractivity contribution in [3.8, 4) is 33.4 Å². The van der Waals surface area contributed by atoms with E-state index in [4.69, 9.17) is 0 Å². The summed E-state index contributed by atoms with van der Waals surface area (Å²) < 4.78 is 5.21. The summed E-state index contributed by atoms with van der Waals surface area (Å²) in [5.74, 6) is 0. The third-order valence-corrected chi connectivity index (χ3v) is 13.2. The average Bonchev–Trinajstić information content (AvgIpc) is 3.83. The van der Waals surface area contributed by atoms with Gasteiger partial charge in [0.15, 0.2) is 0 Å². The molecular formula is C52H33NS2. The third kappa shape index (κ3) is 5.43. The number of anilines is 3. The van der Waals surface area contributed by atoms with Gasteiger partial charge in [-0.05, 0) is 87.6 Å². The molecule has 0 amide bonds. The van der Waals surface area contributed by atoms with Crippen molar-refractivity contribution in [2.24, 2.45) is 0 Å². The summed E-state index contributed by atoms with van der Waals surface area (Å²) in [7, 11) is 0. The molecule has 0 fully saturated rings. The smallest absolute Gasteiger partial charge is 0.0555 e. The largest absolute Gasteiger partial charge is 0.309 e. The van der Waals surface area contributed by atoms with E-state index in [-0.39, 0.29) is 0 Å². The Kier molecular flexibility index (Phi) is 7.61. The van der Waals surface area contributed by atoms with E-state index in [2.05, 4.69) is 205 Å². The maximum atomic E-state index is 2.50. The normalized spacial score (nSPS) is 11.6. The molecule has 0 unspecified atom stereocenters. The molecule has 0 aliphatic rings. The number of hydrogen-bond acceptors (Lipinski definition) is 3. The second-order valence-corrected chi connectivity index (χ2v) is 16.2. The van der Waals surface area contributed by atoms with Crippen LogP contribution in [0.25, 0.3) is 84.5 Å². The summed E-state index contributed by atoms with van der Waals surface area (Å²) in [6, 6.07) is 73.5. The first-order valence-corrected chi connectivity index (χ1v) is 20.3. The van der Waals surface area contributed by atoms with E-state index in [1.54, 1.807) is 0 Å². The zero-order valence-electron chi connectivity index (χ0n) is 29.8. The molecule has 0 aliphatic heterocycles. The standard InChI is InChI=1S/C52H33NS2/c1-2-14-35-31-39(30-29-34(35)13-1)37-16-9-15-36(32-37)38-17-10-18-40(33-38)53(47-25-12-28-50-51(47)45-21-5-8-27-49(45)54-50)46-24-6-3-19-41(46)43-22-11-23-44-42-20-4-7-26-48(42)55-52(43)44/h1-33H. The predicted molar refractivity (Wildman–Crippen MR) is 241 cm³/mol. The van der Waals surface area contributed by atoms with Crippen LogP contribution in [0, 0.1) is 0 Å². The van der Waals surface area contributed by atoms with Crippen molar-refractivity contribution in [3.05, 3.63) is 200 Å². The Balaban J connectivity index is 1.12. The maximum absolute atomic E-state index is 2.50. The van der Waals surface area contributed by atoms with E-state index < -0.39 is 0 Å². The van der Waals surface area contributed by atoms with Crippen LogP contribution in [0.4, 0.5) is 17.1 Å². The van der Waals surface area contributed by atoms with Crippen LogP contribution >= 0.6 is 22.7 Å². The lowest BCUT2D eigenvalue weighted by Gasteiger charge is -2.29. The summed E-state index contributed by atoms with van der Waals surface area (Å²) >= 11 is 3.75. The summed E-state index contributed by atoms with van der Waals surface area (Å²) in [5, 5.41) is 7.69. The minimum Gasteiger partial charge on any atom is -0.309 e. The highest BCUT2D eigenvalue weighted by Crippen LogP contribution is 2.49. The summed E-state index contributed by atoms with van der Waals surface area (Å²) in [6.45, 7) is 0. The fourth-order valence-corrected chi connectivity index (χ4v) is 10.6. The Labute approximate surface area is 327 Å². The molecule has 2 heterocycles. The Bertz CT molecular complexity index is 3240. The molecule has 11 rings (SSSR count). The van der Waals surface area contributed by atoms with Crippen molar-refractivity contribution < 1.29 is 0 Å². The lowest BCUT2D eigenvalue weighted by Crippen LogP contribution is -2.11. The van der Waals surface area contributed by atoms with Crippen molar-refractivity contribution in [1.29, 1.82) is 0 Å². The Morgan fingerprint density at radius 2 is 0.909 bits per heavy atom. The quantitative estimate of drug-likeness (QED) is 0.164. The van der Waals surface area contributed by atoms with Gasteiger partial charge in [-0.2, -0.15) is 0 Å². The number of fused-ring (bicyclic) bond motifs is 7.